The second-order valence-electron chi connectivity index (χ2n) is 6.84. The number of rotatable bonds is 6. The Morgan fingerprint density at radius 1 is 1.32 bits per heavy atom. The van der Waals surface area contributed by atoms with E-state index in [1.807, 2.05) is 16.8 Å². The maximum absolute atomic E-state index is 12.7. The molecule has 0 bridgehead atoms. The van der Waals surface area contributed by atoms with Gasteiger partial charge >= 0.3 is 0 Å². The second-order valence-corrected chi connectivity index (χ2v) is 6.84. The fraction of sp³-hybridized carbons (Fsp3) is 0.350. The molecule has 3 aromatic rings. The van der Waals surface area contributed by atoms with Crippen LogP contribution in [0.25, 0.3) is 11.0 Å². The average Bonchev–Trinajstić information content (AvgIpc) is 3.33. The Kier molecular flexibility index (Phi) is 5.12. The number of aromatic nitrogens is 2. The molecule has 2 N–H and O–H groups in total. The van der Waals surface area contributed by atoms with Crippen molar-refractivity contribution in [1.82, 2.24) is 15.1 Å². The van der Waals surface area contributed by atoms with Crippen LogP contribution in [0, 0.1) is 5.92 Å². The average molecular weight is 382 g/mol. The summed E-state index contributed by atoms with van der Waals surface area (Å²) in [6.07, 6.45) is 3.22. The first kappa shape index (κ1) is 18.2. The Morgan fingerprint density at radius 2 is 2.21 bits per heavy atom. The summed E-state index contributed by atoms with van der Waals surface area (Å²) in [5, 5.41) is 10.7. The van der Waals surface area contributed by atoms with E-state index < -0.39 is 0 Å². The van der Waals surface area contributed by atoms with Crippen molar-refractivity contribution in [2.75, 3.05) is 25.6 Å². The number of methoxy groups -OCH3 is 1. The number of fused-ring (bicyclic) bond motifs is 2. The number of hydrogen-bond donors (Lipinski definition) is 2. The lowest BCUT2D eigenvalue weighted by Gasteiger charge is -2.22. The van der Waals surface area contributed by atoms with Crippen LogP contribution >= 0.6 is 0 Å². The van der Waals surface area contributed by atoms with Gasteiger partial charge in [0.05, 0.1) is 6.61 Å². The van der Waals surface area contributed by atoms with E-state index in [0.29, 0.717) is 30.8 Å². The molecule has 0 spiro atoms. The molecule has 8 nitrogen and oxygen atoms in total. The quantitative estimate of drug-likeness (QED) is 0.637. The Morgan fingerprint density at radius 3 is 3.07 bits per heavy atom. The summed E-state index contributed by atoms with van der Waals surface area (Å²) in [4.78, 5) is 24.8. The molecule has 1 aliphatic heterocycles. The van der Waals surface area contributed by atoms with Gasteiger partial charge in [-0.05, 0) is 36.8 Å². The Balaban J connectivity index is 1.43. The number of anilines is 1. The topological polar surface area (TPSA) is 98.4 Å². The molecule has 0 saturated carbocycles. The van der Waals surface area contributed by atoms with Gasteiger partial charge in [-0.1, -0.05) is 0 Å². The van der Waals surface area contributed by atoms with Crippen LogP contribution in [0.5, 0.6) is 0 Å². The monoisotopic (exact) mass is 382 g/mol. The molecule has 4 rings (SSSR count). The van der Waals surface area contributed by atoms with Crippen molar-refractivity contribution in [2.45, 2.75) is 19.4 Å². The minimum atomic E-state index is -0.294. The van der Waals surface area contributed by atoms with Gasteiger partial charge in [-0.15, -0.1) is 0 Å². The van der Waals surface area contributed by atoms with Gasteiger partial charge in [-0.2, -0.15) is 5.10 Å². The summed E-state index contributed by atoms with van der Waals surface area (Å²) in [5.41, 5.74) is 2.36. The number of carbonyl (C=O) groups is 2. The van der Waals surface area contributed by atoms with E-state index >= 15 is 0 Å². The summed E-state index contributed by atoms with van der Waals surface area (Å²) in [5.74, 6) is -0.146. The molecule has 146 valence electrons. The summed E-state index contributed by atoms with van der Waals surface area (Å²) < 4.78 is 12.5. The highest BCUT2D eigenvalue weighted by molar-refractivity contribution is 5.98. The highest BCUT2D eigenvalue weighted by atomic mass is 16.5. The molecule has 2 amide bonds. The molecule has 28 heavy (non-hydrogen) atoms. The summed E-state index contributed by atoms with van der Waals surface area (Å²) in [6, 6.07) is 8.98. The maximum atomic E-state index is 12.7. The van der Waals surface area contributed by atoms with Gasteiger partial charge in [-0.3, -0.25) is 14.3 Å². The number of carbonyl (C=O) groups excluding carboxylic acids is 2. The number of ether oxygens (including phenoxy) is 1. The maximum Gasteiger partial charge on any atom is 0.287 e. The molecule has 3 heterocycles. The largest absolute Gasteiger partial charge is 0.451 e. The van der Waals surface area contributed by atoms with Crippen LogP contribution in [0.4, 0.5) is 5.69 Å². The number of nitrogens with zero attached hydrogens (tertiary/aromatic N) is 2. The number of aryl methyl sites for hydroxylation is 1. The zero-order chi connectivity index (χ0) is 19.5. The van der Waals surface area contributed by atoms with E-state index in [4.69, 9.17) is 9.15 Å². The number of hydrogen-bond acceptors (Lipinski definition) is 5. The molecule has 2 aromatic heterocycles. The van der Waals surface area contributed by atoms with E-state index in [1.165, 1.54) is 0 Å². The third kappa shape index (κ3) is 3.77. The minimum absolute atomic E-state index is 0.00664. The number of nitrogens with one attached hydrogen (secondary N) is 2. The van der Waals surface area contributed by atoms with Crippen molar-refractivity contribution in [3.8, 4) is 0 Å². The first-order valence-electron chi connectivity index (χ1n) is 9.26. The lowest BCUT2D eigenvalue weighted by atomic mass is 9.95. The van der Waals surface area contributed by atoms with Crippen molar-refractivity contribution < 1.29 is 18.7 Å². The molecule has 1 unspecified atom stereocenters. The zero-order valence-electron chi connectivity index (χ0n) is 15.6. The predicted octanol–water partition coefficient (Wildman–Crippen LogP) is 2.21. The van der Waals surface area contributed by atoms with Gasteiger partial charge in [0.1, 0.15) is 5.58 Å². The van der Waals surface area contributed by atoms with E-state index in [1.54, 1.807) is 31.5 Å². The van der Waals surface area contributed by atoms with Gasteiger partial charge in [0.15, 0.2) is 5.76 Å². The third-order valence-electron chi connectivity index (χ3n) is 4.92. The van der Waals surface area contributed by atoms with E-state index in [0.717, 1.165) is 24.0 Å². The normalized spacial score (nSPS) is 16.0. The molecular weight excluding hydrogens is 360 g/mol. The molecule has 0 radical (unpaired) electrons. The Labute approximate surface area is 161 Å². The highest BCUT2D eigenvalue weighted by Crippen LogP contribution is 2.25. The lowest BCUT2D eigenvalue weighted by Crippen LogP contribution is -2.30. The van der Waals surface area contributed by atoms with Crippen LogP contribution in [0.3, 0.4) is 0 Å². The van der Waals surface area contributed by atoms with Crippen molar-refractivity contribution in [3.63, 3.8) is 0 Å². The molecule has 1 aliphatic rings. The van der Waals surface area contributed by atoms with Crippen LogP contribution in [0.1, 0.15) is 22.7 Å². The Hall–Kier alpha value is -3.13. The molecular formula is C20H22N4O4. The standard InChI is InChI=1S/C20H22N4O4/c1-27-9-7-21-20(26)18-12-14-10-15(2-3-17(14)28-18)23-19(25)13-5-8-24-16(11-13)4-6-22-24/h2-4,6,10,12-13H,5,7-9,11H2,1H3,(H,21,26)(H,23,25). The van der Waals surface area contributed by atoms with Crippen molar-refractivity contribution in [1.29, 1.82) is 0 Å². The number of furan rings is 1. The first-order valence-corrected chi connectivity index (χ1v) is 9.26. The zero-order valence-corrected chi connectivity index (χ0v) is 15.6. The second kappa shape index (κ2) is 7.85. The van der Waals surface area contributed by atoms with Gasteiger partial charge in [0.25, 0.3) is 5.91 Å². The summed E-state index contributed by atoms with van der Waals surface area (Å²) >= 11 is 0. The number of amides is 2. The van der Waals surface area contributed by atoms with E-state index in [-0.39, 0.29) is 23.5 Å². The van der Waals surface area contributed by atoms with Crippen LogP contribution in [-0.2, 0) is 22.5 Å². The van der Waals surface area contributed by atoms with Crippen LogP contribution in [0.15, 0.2) is 40.9 Å². The lowest BCUT2D eigenvalue weighted by molar-refractivity contribution is -0.120. The molecule has 0 saturated heterocycles. The summed E-state index contributed by atoms with van der Waals surface area (Å²) in [6.45, 7) is 1.60. The van der Waals surface area contributed by atoms with E-state index in [2.05, 4.69) is 15.7 Å². The van der Waals surface area contributed by atoms with Crippen LogP contribution in [-0.4, -0.2) is 41.9 Å². The fourth-order valence-corrected chi connectivity index (χ4v) is 3.42. The molecule has 1 aromatic carbocycles. The van der Waals surface area contributed by atoms with Crippen molar-refractivity contribution >= 4 is 28.5 Å². The van der Waals surface area contributed by atoms with Gasteiger partial charge < -0.3 is 19.8 Å². The SMILES string of the molecule is COCCNC(=O)c1cc2cc(NC(=O)C3CCn4nccc4C3)ccc2o1. The molecule has 0 aliphatic carbocycles. The third-order valence-corrected chi connectivity index (χ3v) is 4.92. The Bertz CT molecular complexity index is 1010. The van der Waals surface area contributed by atoms with E-state index in [9.17, 15) is 9.59 Å². The number of benzene rings is 1. The molecule has 0 fully saturated rings. The minimum Gasteiger partial charge on any atom is -0.451 e. The molecule has 1 atom stereocenters. The van der Waals surface area contributed by atoms with Crippen LogP contribution < -0.4 is 10.6 Å². The van der Waals surface area contributed by atoms with Gasteiger partial charge in [-0.25, -0.2) is 0 Å². The van der Waals surface area contributed by atoms with Crippen molar-refractivity contribution in [2.24, 2.45) is 5.92 Å². The van der Waals surface area contributed by atoms with Crippen molar-refractivity contribution in [3.05, 3.63) is 48.0 Å². The highest BCUT2D eigenvalue weighted by Gasteiger charge is 2.25. The summed E-state index contributed by atoms with van der Waals surface area (Å²) in [7, 11) is 1.57. The smallest absolute Gasteiger partial charge is 0.287 e. The first-order chi connectivity index (χ1) is 13.6. The molecule has 8 heteroatoms. The van der Waals surface area contributed by atoms with Gasteiger partial charge in [0.2, 0.25) is 5.91 Å². The van der Waals surface area contributed by atoms with Crippen LogP contribution in [0.2, 0.25) is 0 Å². The van der Waals surface area contributed by atoms with Gasteiger partial charge in [0, 0.05) is 55.5 Å². The fourth-order valence-electron chi connectivity index (χ4n) is 3.42. The predicted molar refractivity (Wildman–Crippen MR) is 103 cm³/mol.